The van der Waals surface area contributed by atoms with E-state index in [1.165, 1.54) is 0 Å². The molecule has 1 aliphatic rings. The Labute approximate surface area is 171 Å². The molecule has 1 aliphatic heterocycles. The molecule has 1 heterocycles. The Kier molecular flexibility index (Phi) is 8.90. The van der Waals surface area contributed by atoms with Gasteiger partial charge in [0.2, 0.25) is 0 Å². The third kappa shape index (κ3) is 7.12. The topological polar surface area (TPSA) is 75.6 Å². The van der Waals surface area contributed by atoms with Crippen molar-refractivity contribution in [3.8, 4) is 23.0 Å². The molecule has 3 rings (SSSR count). The Morgan fingerprint density at radius 1 is 0.724 bits per heavy atom. The van der Waals surface area contributed by atoms with E-state index in [9.17, 15) is 0 Å². The molecule has 2 aromatic rings. The molecule has 1 N–H and O–H groups in total. The first kappa shape index (κ1) is 21.2. The van der Waals surface area contributed by atoms with Gasteiger partial charge in [-0.25, -0.2) is 0 Å². The molecule has 0 radical (unpaired) electrons. The zero-order chi connectivity index (χ0) is 20.2. The molecular formula is C22H28O7. The molecule has 29 heavy (non-hydrogen) atoms. The van der Waals surface area contributed by atoms with Gasteiger partial charge in [0.1, 0.15) is 32.5 Å². The summed E-state index contributed by atoms with van der Waals surface area (Å²) in [4.78, 5) is 0. The first-order chi connectivity index (χ1) is 14.4. The Morgan fingerprint density at radius 3 is 1.69 bits per heavy atom. The summed E-state index contributed by atoms with van der Waals surface area (Å²) in [5.41, 5.74) is 0. The molecule has 0 spiro atoms. The van der Waals surface area contributed by atoms with E-state index in [1.54, 1.807) is 0 Å². The highest BCUT2D eigenvalue weighted by Gasteiger charge is 2.15. The summed E-state index contributed by atoms with van der Waals surface area (Å²) in [5.74, 6) is 2.58. The van der Waals surface area contributed by atoms with Crippen LogP contribution in [-0.2, 0) is 9.47 Å². The number of para-hydroxylation sites is 4. The fourth-order valence-electron chi connectivity index (χ4n) is 2.72. The number of fused-ring (bicyclic) bond motifs is 2. The number of aliphatic hydroxyl groups is 1. The van der Waals surface area contributed by atoms with E-state index >= 15 is 0 Å². The van der Waals surface area contributed by atoms with Gasteiger partial charge >= 0.3 is 0 Å². The number of aliphatic hydroxyl groups excluding tert-OH is 1. The van der Waals surface area contributed by atoms with Crippen molar-refractivity contribution >= 4 is 0 Å². The minimum absolute atomic E-state index is 0.0733. The van der Waals surface area contributed by atoms with Gasteiger partial charge in [-0.1, -0.05) is 24.3 Å². The fourth-order valence-corrected chi connectivity index (χ4v) is 2.72. The summed E-state index contributed by atoms with van der Waals surface area (Å²) < 4.78 is 34.9. The molecule has 158 valence electrons. The number of hydrogen-bond donors (Lipinski definition) is 1. The number of rotatable bonds is 4. The highest BCUT2D eigenvalue weighted by molar-refractivity contribution is 5.40. The van der Waals surface area contributed by atoms with Gasteiger partial charge in [-0.15, -0.1) is 0 Å². The Hall–Kier alpha value is -2.48. The molecule has 0 saturated carbocycles. The second kappa shape index (κ2) is 12.2. The van der Waals surface area contributed by atoms with Crippen molar-refractivity contribution in [3.05, 3.63) is 48.5 Å². The number of ether oxygens (including phenoxy) is 6. The first-order valence-corrected chi connectivity index (χ1v) is 9.86. The monoisotopic (exact) mass is 404 g/mol. The van der Waals surface area contributed by atoms with Gasteiger partial charge in [-0.2, -0.15) is 0 Å². The molecule has 0 fully saturated rings. The van der Waals surface area contributed by atoms with Crippen LogP contribution in [0.5, 0.6) is 23.0 Å². The average molecular weight is 404 g/mol. The fraction of sp³-hybridized carbons (Fsp3) is 0.455. The third-order valence-electron chi connectivity index (χ3n) is 4.17. The minimum atomic E-state index is -0.320. The van der Waals surface area contributed by atoms with Gasteiger partial charge in [0, 0.05) is 13.2 Å². The largest absolute Gasteiger partial charge is 0.487 e. The molecular weight excluding hydrogens is 376 g/mol. The van der Waals surface area contributed by atoms with Crippen LogP contribution in [0.25, 0.3) is 0 Å². The second-order valence-corrected chi connectivity index (χ2v) is 6.39. The van der Waals surface area contributed by atoms with Crippen LogP contribution >= 0.6 is 0 Å². The standard InChI is InChI=1S/C22H28O7/c23-10-5-11-25-18-16-28-21-8-3-1-6-19(21)26-14-12-24-13-15-27-20-7-2-4-9-22(20)29-17-18/h1-4,6-9,18,23H,5,10-17H2. The van der Waals surface area contributed by atoms with Crippen molar-refractivity contribution in [1.29, 1.82) is 0 Å². The van der Waals surface area contributed by atoms with Gasteiger partial charge in [0.25, 0.3) is 0 Å². The maximum absolute atomic E-state index is 9.03. The highest BCUT2D eigenvalue weighted by atomic mass is 16.6. The Morgan fingerprint density at radius 2 is 1.21 bits per heavy atom. The van der Waals surface area contributed by atoms with E-state index in [0.717, 1.165) is 0 Å². The average Bonchev–Trinajstić information content (AvgIpc) is 2.75. The summed E-state index contributed by atoms with van der Waals surface area (Å²) in [6, 6.07) is 15.0. The van der Waals surface area contributed by atoms with E-state index in [2.05, 4.69) is 0 Å². The molecule has 7 nitrogen and oxygen atoms in total. The van der Waals surface area contributed by atoms with Crippen LogP contribution in [0.2, 0.25) is 0 Å². The normalized spacial score (nSPS) is 16.3. The quantitative estimate of drug-likeness (QED) is 0.786. The van der Waals surface area contributed by atoms with Gasteiger partial charge in [0.15, 0.2) is 23.0 Å². The third-order valence-corrected chi connectivity index (χ3v) is 4.17. The van der Waals surface area contributed by atoms with Crippen molar-refractivity contribution in [1.82, 2.24) is 0 Å². The highest BCUT2D eigenvalue weighted by Crippen LogP contribution is 2.28. The molecule has 0 bridgehead atoms. The van der Waals surface area contributed by atoms with Gasteiger partial charge in [0.05, 0.1) is 13.2 Å². The molecule has 0 aromatic heterocycles. The zero-order valence-corrected chi connectivity index (χ0v) is 16.5. The van der Waals surface area contributed by atoms with Gasteiger partial charge in [-0.05, 0) is 30.7 Å². The van der Waals surface area contributed by atoms with Crippen LogP contribution in [0, 0.1) is 0 Å². The van der Waals surface area contributed by atoms with E-state index in [1.807, 2.05) is 48.5 Å². The molecule has 2 aromatic carbocycles. The smallest absolute Gasteiger partial charge is 0.161 e. The lowest BCUT2D eigenvalue weighted by Gasteiger charge is -2.21. The van der Waals surface area contributed by atoms with E-state index in [-0.39, 0.29) is 25.9 Å². The summed E-state index contributed by atoms with van der Waals surface area (Å²) >= 11 is 0. The maximum Gasteiger partial charge on any atom is 0.161 e. The lowest BCUT2D eigenvalue weighted by Crippen LogP contribution is -2.29. The lowest BCUT2D eigenvalue weighted by molar-refractivity contribution is -0.0134. The Balaban J connectivity index is 1.71. The van der Waals surface area contributed by atoms with Gasteiger partial charge < -0.3 is 33.5 Å². The summed E-state index contributed by atoms with van der Waals surface area (Å²) in [6.07, 6.45) is 0.231. The zero-order valence-electron chi connectivity index (χ0n) is 16.5. The van der Waals surface area contributed by atoms with Crippen molar-refractivity contribution < 1.29 is 33.5 Å². The summed E-state index contributed by atoms with van der Waals surface area (Å²) in [6.45, 7) is 2.78. The lowest BCUT2D eigenvalue weighted by atomic mass is 10.3. The molecule has 0 amide bonds. The predicted octanol–water partition coefficient (Wildman–Crippen LogP) is 2.70. The molecule has 0 unspecified atom stereocenters. The van der Waals surface area contributed by atoms with Crippen LogP contribution in [-0.4, -0.2) is 64.1 Å². The minimum Gasteiger partial charge on any atom is -0.487 e. The van der Waals surface area contributed by atoms with E-state index in [0.29, 0.717) is 62.5 Å². The van der Waals surface area contributed by atoms with E-state index in [4.69, 9.17) is 33.5 Å². The number of benzene rings is 2. The SMILES string of the molecule is OCCCOC1COc2ccccc2OCCOCCOc2ccccc2OC1. The molecule has 0 aliphatic carbocycles. The van der Waals surface area contributed by atoms with Crippen LogP contribution in [0.4, 0.5) is 0 Å². The molecule has 7 heteroatoms. The maximum atomic E-state index is 9.03. The Bertz CT molecular complexity index is 666. The number of hydrogen-bond acceptors (Lipinski definition) is 7. The van der Waals surface area contributed by atoms with Crippen LogP contribution < -0.4 is 18.9 Å². The molecule has 0 saturated heterocycles. The van der Waals surface area contributed by atoms with Gasteiger partial charge in [-0.3, -0.25) is 0 Å². The van der Waals surface area contributed by atoms with Crippen molar-refractivity contribution in [2.24, 2.45) is 0 Å². The molecule has 0 atom stereocenters. The summed E-state index contributed by atoms with van der Waals surface area (Å²) in [7, 11) is 0. The van der Waals surface area contributed by atoms with Crippen molar-refractivity contribution in [2.45, 2.75) is 12.5 Å². The van der Waals surface area contributed by atoms with Crippen molar-refractivity contribution in [3.63, 3.8) is 0 Å². The van der Waals surface area contributed by atoms with Crippen molar-refractivity contribution in [2.75, 3.05) is 52.9 Å². The van der Waals surface area contributed by atoms with E-state index < -0.39 is 0 Å². The predicted molar refractivity (Wildman–Crippen MR) is 107 cm³/mol. The van der Waals surface area contributed by atoms with Crippen LogP contribution in [0.15, 0.2) is 48.5 Å². The second-order valence-electron chi connectivity index (χ2n) is 6.39. The first-order valence-electron chi connectivity index (χ1n) is 9.86. The summed E-state index contributed by atoms with van der Waals surface area (Å²) in [5, 5.41) is 9.03. The van der Waals surface area contributed by atoms with Crippen LogP contribution in [0.1, 0.15) is 6.42 Å². The van der Waals surface area contributed by atoms with Crippen LogP contribution in [0.3, 0.4) is 0 Å².